The summed E-state index contributed by atoms with van der Waals surface area (Å²) in [5, 5.41) is 9.36. The highest BCUT2D eigenvalue weighted by molar-refractivity contribution is 5.70. The fraction of sp³-hybridized carbons (Fsp3) is 0.588. The number of carboxylic acids is 1. The molecule has 1 aliphatic carbocycles. The zero-order valence-electron chi connectivity index (χ0n) is 12.5. The summed E-state index contributed by atoms with van der Waals surface area (Å²) in [6, 6.07) is 3.80. The second-order valence-corrected chi connectivity index (χ2v) is 6.43. The van der Waals surface area contributed by atoms with Crippen molar-refractivity contribution in [2.45, 2.75) is 39.5 Å². The van der Waals surface area contributed by atoms with E-state index in [1.165, 1.54) is 18.2 Å². The molecule has 1 saturated carbocycles. The predicted octanol–water partition coefficient (Wildman–Crippen LogP) is 4.28. The van der Waals surface area contributed by atoms with Gasteiger partial charge in [-0.15, -0.1) is 0 Å². The van der Waals surface area contributed by atoms with E-state index in [4.69, 9.17) is 0 Å². The van der Waals surface area contributed by atoms with Gasteiger partial charge in [-0.25, -0.2) is 8.78 Å². The van der Waals surface area contributed by atoms with Crippen LogP contribution >= 0.6 is 0 Å². The molecule has 3 atom stereocenters. The van der Waals surface area contributed by atoms with Gasteiger partial charge >= 0.3 is 5.97 Å². The lowest BCUT2D eigenvalue weighted by molar-refractivity contribution is -0.145. The molecule has 1 aliphatic rings. The number of halogens is 2. The van der Waals surface area contributed by atoms with E-state index in [9.17, 15) is 18.7 Å². The molecule has 1 aromatic rings. The molecule has 1 aromatic carbocycles. The summed E-state index contributed by atoms with van der Waals surface area (Å²) in [5.74, 6) is -1.81. The SMILES string of the molecule is CC(C)C1CCC(C(=O)O)C(Cc2c(F)cccc2F)C1. The van der Waals surface area contributed by atoms with E-state index < -0.39 is 23.5 Å². The van der Waals surface area contributed by atoms with Crippen molar-refractivity contribution < 1.29 is 18.7 Å². The molecule has 116 valence electrons. The van der Waals surface area contributed by atoms with Crippen LogP contribution in [-0.4, -0.2) is 11.1 Å². The number of carbonyl (C=O) groups is 1. The van der Waals surface area contributed by atoms with E-state index in [1.54, 1.807) is 0 Å². The van der Waals surface area contributed by atoms with Crippen LogP contribution in [-0.2, 0) is 11.2 Å². The predicted molar refractivity (Wildman–Crippen MR) is 76.9 cm³/mol. The largest absolute Gasteiger partial charge is 0.481 e. The second kappa shape index (κ2) is 6.54. The van der Waals surface area contributed by atoms with Crippen LogP contribution < -0.4 is 0 Å². The van der Waals surface area contributed by atoms with Crippen LogP contribution in [0.2, 0.25) is 0 Å². The Kier molecular flexibility index (Phi) is 4.96. The number of hydrogen-bond acceptors (Lipinski definition) is 1. The zero-order valence-corrected chi connectivity index (χ0v) is 12.5. The number of benzene rings is 1. The molecule has 21 heavy (non-hydrogen) atoms. The Bertz CT molecular complexity index is 493. The summed E-state index contributed by atoms with van der Waals surface area (Å²) < 4.78 is 27.6. The minimum Gasteiger partial charge on any atom is -0.481 e. The minimum absolute atomic E-state index is 0.0261. The van der Waals surface area contributed by atoms with Crippen molar-refractivity contribution in [3.05, 3.63) is 35.4 Å². The van der Waals surface area contributed by atoms with Crippen LogP contribution in [0.15, 0.2) is 18.2 Å². The van der Waals surface area contributed by atoms with Crippen molar-refractivity contribution in [1.29, 1.82) is 0 Å². The van der Waals surface area contributed by atoms with Crippen LogP contribution in [0, 0.1) is 35.3 Å². The summed E-state index contributed by atoms with van der Waals surface area (Å²) in [6.45, 7) is 4.24. The van der Waals surface area contributed by atoms with Gasteiger partial charge in [0.25, 0.3) is 0 Å². The van der Waals surface area contributed by atoms with E-state index in [0.717, 1.165) is 12.8 Å². The molecular formula is C17H22F2O2. The van der Waals surface area contributed by atoms with Crippen LogP contribution in [0.4, 0.5) is 8.78 Å². The van der Waals surface area contributed by atoms with Crippen LogP contribution in [0.5, 0.6) is 0 Å². The van der Waals surface area contributed by atoms with Crippen LogP contribution in [0.3, 0.4) is 0 Å². The van der Waals surface area contributed by atoms with Gasteiger partial charge in [0.1, 0.15) is 11.6 Å². The topological polar surface area (TPSA) is 37.3 Å². The fourth-order valence-electron chi connectivity index (χ4n) is 3.45. The molecule has 0 spiro atoms. The highest BCUT2D eigenvalue weighted by atomic mass is 19.1. The van der Waals surface area contributed by atoms with Gasteiger partial charge in [0.05, 0.1) is 5.92 Å². The average molecular weight is 296 g/mol. The molecule has 1 N–H and O–H groups in total. The van der Waals surface area contributed by atoms with Crippen molar-refractivity contribution in [3.63, 3.8) is 0 Å². The van der Waals surface area contributed by atoms with E-state index >= 15 is 0 Å². The van der Waals surface area contributed by atoms with Crippen molar-refractivity contribution in [3.8, 4) is 0 Å². The zero-order chi connectivity index (χ0) is 15.6. The summed E-state index contributed by atoms with van der Waals surface area (Å²) in [5.41, 5.74) is 0.0261. The lowest BCUT2D eigenvalue weighted by atomic mass is 9.68. The molecule has 2 rings (SSSR count). The van der Waals surface area contributed by atoms with E-state index in [-0.39, 0.29) is 17.9 Å². The first kappa shape index (κ1) is 15.9. The monoisotopic (exact) mass is 296 g/mol. The van der Waals surface area contributed by atoms with E-state index in [2.05, 4.69) is 13.8 Å². The number of aliphatic carboxylic acids is 1. The van der Waals surface area contributed by atoms with Crippen molar-refractivity contribution in [2.75, 3.05) is 0 Å². The Morgan fingerprint density at radius 2 is 1.90 bits per heavy atom. The highest BCUT2D eigenvalue weighted by Gasteiger charge is 2.36. The first-order chi connectivity index (χ1) is 9.90. The van der Waals surface area contributed by atoms with Gasteiger partial charge in [-0.3, -0.25) is 4.79 Å². The average Bonchev–Trinajstić information content (AvgIpc) is 2.42. The smallest absolute Gasteiger partial charge is 0.306 e. The van der Waals surface area contributed by atoms with Crippen molar-refractivity contribution in [2.24, 2.45) is 23.7 Å². The molecule has 0 heterocycles. The quantitative estimate of drug-likeness (QED) is 0.900. The van der Waals surface area contributed by atoms with Gasteiger partial charge in [0.15, 0.2) is 0 Å². The molecule has 4 heteroatoms. The van der Waals surface area contributed by atoms with Gasteiger partial charge in [0, 0.05) is 5.56 Å². The van der Waals surface area contributed by atoms with Gasteiger partial charge in [0.2, 0.25) is 0 Å². The first-order valence-electron chi connectivity index (χ1n) is 7.55. The van der Waals surface area contributed by atoms with Gasteiger partial charge < -0.3 is 5.11 Å². The Morgan fingerprint density at radius 3 is 2.43 bits per heavy atom. The molecule has 0 radical (unpaired) electrons. The summed E-state index contributed by atoms with van der Waals surface area (Å²) in [6.07, 6.45) is 2.37. The molecule has 0 amide bonds. The second-order valence-electron chi connectivity index (χ2n) is 6.43. The normalized spacial score (nSPS) is 26.0. The summed E-state index contributed by atoms with van der Waals surface area (Å²) in [4.78, 5) is 11.4. The summed E-state index contributed by atoms with van der Waals surface area (Å²) >= 11 is 0. The standard InChI is InChI=1S/C17H22F2O2/c1-10(2)11-6-7-13(17(20)21)12(8-11)9-14-15(18)4-3-5-16(14)19/h3-5,10-13H,6-9H2,1-2H3,(H,20,21). The molecular weight excluding hydrogens is 274 g/mol. The van der Waals surface area contributed by atoms with Crippen LogP contribution in [0.1, 0.15) is 38.7 Å². The Hall–Kier alpha value is -1.45. The minimum atomic E-state index is -0.848. The molecule has 3 unspecified atom stereocenters. The van der Waals surface area contributed by atoms with Gasteiger partial charge in [-0.2, -0.15) is 0 Å². The maximum atomic E-state index is 13.8. The number of carboxylic acid groups (broad SMARTS) is 1. The Morgan fingerprint density at radius 1 is 1.29 bits per heavy atom. The van der Waals surface area contributed by atoms with Crippen LogP contribution in [0.25, 0.3) is 0 Å². The molecule has 0 saturated heterocycles. The third-order valence-corrected chi connectivity index (χ3v) is 4.81. The van der Waals surface area contributed by atoms with Crippen molar-refractivity contribution >= 4 is 5.97 Å². The molecule has 0 aliphatic heterocycles. The third kappa shape index (κ3) is 3.60. The Balaban J connectivity index is 2.22. The number of rotatable bonds is 4. The van der Waals surface area contributed by atoms with Gasteiger partial charge in [-0.1, -0.05) is 19.9 Å². The Labute approximate surface area is 124 Å². The fourth-order valence-corrected chi connectivity index (χ4v) is 3.45. The molecule has 2 nitrogen and oxygen atoms in total. The van der Waals surface area contributed by atoms with Crippen molar-refractivity contribution in [1.82, 2.24) is 0 Å². The first-order valence-corrected chi connectivity index (χ1v) is 7.55. The van der Waals surface area contributed by atoms with Gasteiger partial charge in [-0.05, 0) is 55.6 Å². The molecule has 0 bridgehead atoms. The molecule has 0 aromatic heterocycles. The number of hydrogen-bond donors (Lipinski definition) is 1. The maximum absolute atomic E-state index is 13.8. The van der Waals surface area contributed by atoms with E-state index in [1.807, 2.05) is 0 Å². The maximum Gasteiger partial charge on any atom is 0.306 e. The van der Waals surface area contributed by atoms with E-state index in [0.29, 0.717) is 18.3 Å². The highest BCUT2D eigenvalue weighted by Crippen LogP contribution is 2.39. The third-order valence-electron chi connectivity index (χ3n) is 4.81. The lowest BCUT2D eigenvalue weighted by Gasteiger charge is -2.36. The lowest BCUT2D eigenvalue weighted by Crippen LogP contribution is -2.34. The summed E-state index contributed by atoms with van der Waals surface area (Å²) in [7, 11) is 0. The molecule has 1 fully saturated rings.